The van der Waals surface area contributed by atoms with Gasteiger partial charge in [0.05, 0.1) is 6.61 Å². The minimum atomic E-state index is -0.00350. The van der Waals surface area contributed by atoms with Crippen LogP contribution < -0.4 is 15.4 Å². The molecule has 5 nitrogen and oxygen atoms in total. The van der Waals surface area contributed by atoms with Crippen molar-refractivity contribution in [2.75, 3.05) is 30.0 Å². The van der Waals surface area contributed by atoms with E-state index in [1.165, 1.54) is 32.1 Å². The van der Waals surface area contributed by atoms with Gasteiger partial charge in [0, 0.05) is 36.7 Å². The van der Waals surface area contributed by atoms with Crippen LogP contribution in [-0.4, -0.2) is 41.6 Å². The first-order chi connectivity index (χ1) is 11.8. The van der Waals surface area contributed by atoms with Gasteiger partial charge >= 0.3 is 0 Å². The van der Waals surface area contributed by atoms with Crippen LogP contribution in [0.15, 0.2) is 18.3 Å². The van der Waals surface area contributed by atoms with Gasteiger partial charge in [-0.1, -0.05) is 19.3 Å². The molecule has 1 saturated carbocycles. The molecule has 8 heteroatoms. The van der Waals surface area contributed by atoms with Crippen LogP contribution in [0.25, 0.3) is 0 Å². The van der Waals surface area contributed by atoms with Crippen molar-refractivity contribution in [3.63, 3.8) is 0 Å². The maximum absolute atomic E-state index is 12.3. The number of halogens is 2. The van der Waals surface area contributed by atoms with E-state index in [-0.39, 0.29) is 36.8 Å². The van der Waals surface area contributed by atoms with Crippen molar-refractivity contribution in [1.29, 1.82) is 0 Å². The highest BCUT2D eigenvalue weighted by Gasteiger charge is 2.19. The fourth-order valence-electron chi connectivity index (χ4n) is 3.32. The number of anilines is 1. The smallest absolute Gasteiger partial charge is 0.227 e. The van der Waals surface area contributed by atoms with Gasteiger partial charge in [0.1, 0.15) is 0 Å². The van der Waals surface area contributed by atoms with E-state index in [1.807, 2.05) is 23.9 Å². The predicted octanol–water partition coefficient (Wildman–Crippen LogP) is 3.92. The Morgan fingerprint density at radius 2 is 2.12 bits per heavy atom. The lowest BCUT2D eigenvalue weighted by Crippen LogP contribution is -2.40. The van der Waals surface area contributed by atoms with Crippen molar-refractivity contribution in [3.8, 4) is 5.75 Å². The molecule has 2 N–H and O–H groups in total. The molecule has 0 radical (unpaired) electrons. The first kappa shape index (κ1) is 23.3. The van der Waals surface area contributed by atoms with Crippen LogP contribution in [-0.2, 0) is 4.79 Å². The van der Waals surface area contributed by atoms with E-state index >= 15 is 0 Å². The van der Waals surface area contributed by atoms with Crippen LogP contribution in [0.5, 0.6) is 5.75 Å². The average Bonchev–Trinajstić information content (AvgIpc) is 2.63. The normalized spacial score (nSPS) is 20.4. The summed E-state index contributed by atoms with van der Waals surface area (Å²) in [5, 5.41) is 6.31. The number of nitrogens with one attached hydrogen (secondary N) is 2. The number of thioether (sulfide) groups is 1. The minimum Gasteiger partial charge on any atom is -0.489 e. The maximum atomic E-state index is 12.3. The van der Waals surface area contributed by atoms with Gasteiger partial charge in [0.25, 0.3) is 0 Å². The van der Waals surface area contributed by atoms with Gasteiger partial charge in [0.2, 0.25) is 5.91 Å². The second-order valence-electron chi connectivity index (χ2n) is 6.64. The van der Waals surface area contributed by atoms with Gasteiger partial charge in [-0.3, -0.25) is 4.79 Å². The fraction of sp³-hybridized carbons (Fsp3) is 0.667. The molecule has 1 unspecified atom stereocenters. The van der Waals surface area contributed by atoms with Crippen molar-refractivity contribution < 1.29 is 9.53 Å². The molecule has 3 rings (SSSR count). The fourth-order valence-corrected chi connectivity index (χ4v) is 4.27. The van der Waals surface area contributed by atoms with Crippen LogP contribution >= 0.6 is 36.6 Å². The predicted molar refractivity (Wildman–Crippen MR) is 113 cm³/mol. The van der Waals surface area contributed by atoms with Crippen LogP contribution in [0.1, 0.15) is 38.5 Å². The zero-order valence-corrected chi connectivity index (χ0v) is 17.4. The Balaban J connectivity index is 0.00000169. The third kappa shape index (κ3) is 7.51. The lowest BCUT2D eigenvalue weighted by atomic mass is 9.90. The molecule has 26 heavy (non-hydrogen) atoms. The van der Waals surface area contributed by atoms with E-state index < -0.39 is 0 Å². The molecule has 2 heterocycles. The standard InChI is InChI=1S/C18H27N3O2S.2ClH/c22-17(11-15-13-24-10-9-19-15)21-18-16(7-4-8-20-18)23-12-14-5-2-1-3-6-14;;/h4,7-8,14-15,19H,1-3,5-6,9-13H2,(H,20,21,22);2*1H. The molecule has 0 bridgehead atoms. The highest BCUT2D eigenvalue weighted by atomic mass is 35.5. The second kappa shape index (κ2) is 12.7. The first-order valence-electron chi connectivity index (χ1n) is 9.00. The Bertz CT molecular complexity index is 539. The van der Waals surface area contributed by atoms with E-state index in [0.29, 0.717) is 23.9 Å². The molecule has 1 atom stereocenters. The van der Waals surface area contributed by atoms with Crippen LogP contribution in [0.4, 0.5) is 5.82 Å². The number of carbonyl (C=O) groups excluding carboxylic acids is 1. The highest BCUT2D eigenvalue weighted by molar-refractivity contribution is 7.99. The van der Waals surface area contributed by atoms with Gasteiger partial charge in [-0.25, -0.2) is 4.98 Å². The summed E-state index contributed by atoms with van der Waals surface area (Å²) in [4.78, 5) is 16.6. The largest absolute Gasteiger partial charge is 0.489 e. The number of rotatable bonds is 6. The third-order valence-corrected chi connectivity index (χ3v) is 5.79. The van der Waals surface area contributed by atoms with Crippen LogP contribution in [0.2, 0.25) is 0 Å². The van der Waals surface area contributed by atoms with Gasteiger partial charge in [0.15, 0.2) is 11.6 Å². The highest BCUT2D eigenvalue weighted by Crippen LogP contribution is 2.27. The molecule has 1 aromatic rings. The Kier molecular flexibility index (Phi) is 11.4. The van der Waals surface area contributed by atoms with Crippen LogP contribution in [0, 0.1) is 5.92 Å². The summed E-state index contributed by atoms with van der Waals surface area (Å²) in [7, 11) is 0. The summed E-state index contributed by atoms with van der Waals surface area (Å²) in [6.45, 7) is 1.69. The van der Waals surface area contributed by atoms with E-state index in [1.54, 1.807) is 6.20 Å². The molecule has 0 spiro atoms. The lowest BCUT2D eigenvalue weighted by molar-refractivity contribution is -0.116. The topological polar surface area (TPSA) is 63.2 Å². The maximum Gasteiger partial charge on any atom is 0.227 e. The molecule has 1 saturated heterocycles. The summed E-state index contributed by atoms with van der Waals surface area (Å²) in [5.41, 5.74) is 0. The Hall–Kier alpha value is -0.690. The molecule has 1 amide bonds. The van der Waals surface area contributed by atoms with E-state index in [0.717, 1.165) is 24.7 Å². The molecule has 1 aromatic heterocycles. The molecular weight excluding hydrogens is 393 g/mol. The Morgan fingerprint density at radius 1 is 1.31 bits per heavy atom. The number of ether oxygens (including phenoxy) is 1. The number of carbonyl (C=O) groups is 1. The lowest BCUT2D eigenvalue weighted by Gasteiger charge is -2.23. The molecular formula is C18H29Cl2N3O2S. The molecule has 2 fully saturated rings. The number of amides is 1. The average molecular weight is 422 g/mol. The molecule has 2 aliphatic rings. The van der Waals surface area contributed by atoms with E-state index in [4.69, 9.17) is 4.74 Å². The first-order valence-corrected chi connectivity index (χ1v) is 10.2. The van der Waals surface area contributed by atoms with Crippen molar-refractivity contribution in [2.24, 2.45) is 5.92 Å². The van der Waals surface area contributed by atoms with E-state index in [2.05, 4.69) is 15.6 Å². The summed E-state index contributed by atoms with van der Waals surface area (Å²) in [6, 6.07) is 3.99. The van der Waals surface area contributed by atoms with Crippen molar-refractivity contribution >= 4 is 48.3 Å². The molecule has 148 valence electrons. The SMILES string of the molecule is Cl.Cl.O=C(CC1CSCCN1)Nc1ncccc1OCC1CCCCC1. The van der Waals surface area contributed by atoms with E-state index in [9.17, 15) is 4.79 Å². The summed E-state index contributed by atoms with van der Waals surface area (Å²) in [5.74, 6) is 3.96. The summed E-state index contributed by atoms with van der Waals surface area (Å²) in [6.07, 6.45) is 8.61. The zero-order valence-electron chi connectivity index (χ0n) is 14.9. The summed E-state index contributed by atoms with van der Waals surface area (Å²) >= 11 is 1.90. The number of hydrogen-bond acceptors (Lipinski definition) is 5. The van der Waals surface area contributed by atoms with Crippen molar-refractivity contribution in [3.05, 3.63) is 18.3 Å². The van der Waals surface area contributed by atoms with Crippen molar-refractivity contribution in [1.82, 2.24) is 10.3 Å². The monoisotopic (exact) mass is 421 g/mol. The molecule has 0 aromatic carbocycles. The summed E-state index contributed by atoms with van der Waals surface area (Å²) < 4.78 is 5.97. The number of nitrogens with zero attached hydrogens (tertiary/aromatic N) is 1. The van der Waals surface area contributed by atoms with Gasteiger partial charge < -0.3 is 15.4 Å². The molecule has 1 aliphatic heterocycles. The third-order valence-electron chi connectivity index (χ3n) is 4.66. The van der Waals surface area contributed by atoms with Gasteiger partial charge in [-0.2, -0.15) is 11.8 Å². The Morgan fingerprint density at radius 3 is 2.85 bits per heavy atom. The van der Waals surface area contributed by atoms with Gasteiger partial charge in [-0.05, 0) is 30.9 Å². The number of pyridine rings is 1. The number of hydrogen-bond donors (Lipinski definition) is 2. The van der Waals surface area contributed by atoms with Crippen molar-refractivity contribution in [2.45, 2.75) is 44.6 Å². The second-order valence-corrected chi connectivity index (χ2v) is 7.79. The molecule has 1 aliphatic carbocycles. The van der Waals surface area contributed by atoms with Gasteiger partial charge in [-0.15, -0.1) is 24.8 Å². The van der Waals surface area contributed by atoms with Crippen LogP contribution in [0.3, 0.4) is 0 Å². The Labute approximate surface area is 172 Å². The zero-order chi connectivity index (χ0) is 16.6. The quantitative estimate of drug-likeness (QED) is 0.728. The number of aromatic nitrogens is 1. The minimum absolute atomic E-state index is 0.